The molecule has 0 heterocycles. The zero-order valence-corrected chi connectivity index (χ0v) is 21.7. The number of halogens is 3. The number of carbonyl (C=O) groups is 2. The summed E-state index contributed by atoms with van der Waals surface area (Å²) in [5.41, 5.74) is 1.82. The van der Waals surface area contributed by atoms with E-state index in [1.807, 2.05) is 37.3 Å². The van der Waals surface area contributed by atoms with E-state index in [2.05, 4.69) is 5.32 Å². The van der Waals surface area contributed by atoms with Gasteiger partial charge in [-0.25, -0.2) is 0 Å². The number of thioether (sulfide) groups is 1. The number of benzene rings is 2. The van der Waals surface area contributed by atoms with E-state index in [0.717, 1.165) is 36.8 Å². The molecule has 0 bridgehead atoms. The van der Waals surface area contributed by atoms with Crippen molar-refractivity contribution in [1.82, 2.24) is 10.2 Å². The molecule has 1 N–H and O–H groups in total. The highest BCUT2D eigenvalue weighted by Crippen LogP contribution is 2.26. The van der Waals surface area contributed by atoms with E-state index in [4.69, 9.17) is 34.8 Å². The molecule has 2 aromatic carbocycles. The molecule has 0 aliphatic heterocycles. The Morgan fingerprint density at radius 2 is 1.79 bits per heavy atom. The molecule has 1 aliphatic rings. The van der Waals surface area contributed by atoms with Gasteiger partial charge in [-0.05, 0) is 48.6 Å². The zero-order valence-electron chi connectivity index (χ0n) is 18.7. The van der Waals surface area contributed by atoms with Crippen LogP contribution in [0.2, 0.25) is 15.1 Å². The molecule has 1 atom stereocenters. The Hall–Kier alpha value is -1.40. The van der Waals surface area contributed by atoms with Gasteiger partial charge in [-0.3, -0.25) is 9.59 Å². The van der Waals surface area contributed by atoms with Gasteiger partial charge in [0.05, 0.1) is 15.8 Å². The molecule has 178 valence electrons. The standard InChI is InChI=1S/C25H29Cl3N2O2S/c1-2-23(25(32)29-19-8-4-5-9-19)30(14-18-7-3-6-10-20(18)26)24(31)16-33-15-17-11-12-21(27)22(28)13-17/h3,6-7,10-13,19,23H,2,4-5,8-9,14-16H2,1H3,(H,29,32)/t23-/m0/s1. The van der Waals surface area contributed by atoms with Crippen LogP contribution >= 0.6 is 46.6 Å². The lowest BCUT2D eigenvalue weighted by atomic mass is 10.1. The van der Waals surface area contributed by atoms with Crippen LogP contribution in [0, 0.1) is 0 Å². The normalized spacial score (nSPS) is 14.8. The lowest BCUT2D eigenvalue weighted by Gasteiger charge is -2.31. The molecule has 0 radical (unpaired) electrons. The molecule has 1 saturated carbocycles. The number of carbonyl (C=O) groups excluding carboxylic acids is 2. The van der Waals surface area contributed by atoms with Gasteiger partial charge in [0.2, 0.25) is 11.8 Å². The largest absolute Gasteiger partial charge is 0.352 e. The minimum absolute atomic E-state index is 0.0840. The second kappa shape index (κ2) is 12.9. The van der Waals surface area contributed by atoms with Crippen molar-refractivity contribution in [3.63, 3.8) is 0 Å². The molecule has 2 amide bonds. The van der Waals surface area contributed by atoms with Crippen molar-refractivity contribution in [1.29, 1.82) is 0 Å². The van der Waals surface area contributed by atoms with Crippen LogP contribution in [-0.2, 0) is 21.9 Å². The Morgan fingerprint density at radius 1 is 1.06 bits per heavy atom. The second-order valence-electron chi connectivity index (χ2n) is 8.27. The Morgan fingerprint density at radius 3 is 2.45 bits per heavy atom. The topological polar surface area (TPSA) is 49.4 Å². The molecule has 0 saturated heterocycles. The first kappa shape index (κ1) is 26.2. The highest BCUT2D eigenvalue weighted by Gasteiger charge is 2.30. The monoisotopic (exact) mass is 526 g/mol. The summed E-state index contributed by atoms with van der Waals surface area (Å²) in [5.74, 6) is 0.693. The lowest BCUT2D eigenvalue weighted by Crippen LogP contribution is -2.51. The number of nitrogens with zero attached hydrogens (tertiary/aromatic N) is 1. The van der Waals surface area contributed by atoms with Gasteiger partial charge in [-0.15, -0.1) is 11.8 Å². The van der Waals surface area contributed by atoms with Gasteiger partial charge < -0.3 is 10.2 Å². The second-order valence-corrected chi connectivity index (χ2v) is 10.5. The van der Waals surface area contributed by atoms with Crippen molar-refractivity contribution < 1.29 is 9.59 Å². The number of hydrogen-bond acceptors (Lipinski definition) is 3. The van der Waals surface area contributed by atoms with E-state index in [1.165, 1.54) is 11.8 Å². The third-order valence-corrected chi connectivity index (χ3v) is 7.96. The molecule has 8 heteroatoms. The number of amides is 2. The third-order valence-electron chi connectivity index (χ3n) is 5.86. The maximum atomic E-state index is 13.3. The van der Waals surface area contributed by atoms with E-state index >= 15 is 0 Å². The van der Waals surface area contributed by atoms with E-state index < -0.39 is 6.04 Å². The highest BCUT2D eigenvalue weighted by molar-refractivity contribution is 7.99. The summed E-state index contributed by atoms with van der Waals surface area (Å²) >= 11 is 20.0. The van der Waals surface area contributed by atoms with Crippen LogP contribution in [-0.4, -0.2) is 34.6 Å². The molecule has 0 unspecified atom stereocenters. The summed E-state index contributed by atoms with van der Waals surface area (Å²) in [6.07, 6.45) is 4.80. The van der Waals surface area contributed by atoms with Crippen molar-refractivity contribution in [2.45, 2.75) is 63.4 Å². The fraction of sp³-hybridized carbons (Fsp3) is 0.440. The first-order chi connectivity index (χ1) is 15.9. The van der Waals surface area contributed by atoms with E-state index in [-0.39, 0.29) is 23.6 Å². The molecule has 4 nitrogen and oxygen atoms in total. The Bertz CT molecular complexity index is 966. The Balaban J connectivity index is 1.71. The molecule has 33 heavy (non-hydrogen) atoms. The zero-order chi connectivity index (χ0) is 23.8. The van der Waals surface area contributed by atoms with Crippen LogP contribution in [0.5, 0.6) is 0 Å². The predicted molar refractivity (Wildman–Crippen MR) is 139 cm³/mol. The maximum absolute atomic E-state index is 13.3. The van der Waals surface area contributed by atoms with Gasteiger partial charge in [-0.2, -0.15) is 0 Å². The van der Waals surface area contributed by atoms with Crippen LogP contribution in [0.3, 0.4) is 0 Å². The minimum Gasteiger partial charge on any atom is -0.352 e. The Kier molecular flexibility index (Phi) is 10.2. The molecular weight excluding hydrogens is 499 g/mol. The van der Waals surface area contributed by atoms with Crippen LogP contribution in [0.25, 0.3) is 0 Å². The third kappa shape index (κ3) is 7.54. The summed E-state index contributed by atoms with van der Waals surface area (Å²) in [6.45, 7) is 2.23. The predicted octanol–water partition coefficient (Wildman–Crippen LogP) is 6.75. The SMILES string of the molecule is CC[C@@H](C(=O)NC1CCCC1)N(Cc1ccccc1Cl)C(=O)CSCc1ccc(Cl)c(Cl)c1. The molecule has 3 rings (SSSR count). The fourth-order valence-corrected chi connectivity index (χ4v) is 5.44. The average Bonchev–Trinajstić information content (AvgIpc) is 3.30. The van der Waals surface area contributed by atoms with E-state index in [9.17, 15) is 9.59 Å². The summed E-state index contributed by atoms with van der Waals surface area (Å²) < 4.78 is 0. The molecule has 0 aromatic heterocycles. The van der Waals surface area contributed by atoms with Crippen LogP contribution < -0.4 is 5.32 Å². The van der Waals surface area contributed by atoms with Crippen molar-refractivity contribution in [2.24, 2.45) is 0 Å². The quantitative estimate of drug-likeness (QED) is 0.372. The molecule has 2 aromatic rings. The van der Waals surface area contributed by atoms with Crippen molar-refractivity contribution in [3.8, 4) is 0 Å². The van der Waals surface area contributed by atoms with Crippen LogP contribution in [0.1, 0.15) is 50.2 Å². The van der Waals surface area contributed by atoms with Crippen molar-refractivity contribution in [3.05, 3.63) is 68.7 Å². The molecule has 0 spiro atoms. The molecular formula is C25H29Cl3N2O2S. The lowest BCUT2D eigenvalue weighted by molar-refractivity contribution is -0.139. The van der Waals surface area contributed by atoms with Gasteiger partial charge >= 0.3 is 0 Å². The van der Waals surface area contributed by atoms with Crippen LogP contribution in [0.15, 0.2) is 42.5 Å². The summed E-state index contributed by atoms with van der Waals surface area (Å²) in [5, 5.41) is 4.75. The smallest absolute Gasteiger partial charge is 0.243 e. The molecule has 1 aliphatic carbocycles. The Labute approximate surface area is 215 Å². The number of nitrogens with one attached hydrogen (secondary N) is 1. The first-order valence-electron chi connectivity index (χ1n) is 11.2. The highest BCUT2D eigenvalue weighted by atomic mass is 35.5. The van der Waals surface area contributed by atoms with Crippen LogP contribution in [0.4, 0.5) is 0 Å². The fourth-order valence-electron chi connectivity index (χ4n) is 4.07. The van der Waals surface area contributed by atoms with Gasteiger partial charge in [-0.1, -0.05) is 78.8 Å². The number of rotatable bonds is 10. The van der Waals surface area contributed by atoms with E-state index in [1.54, 1.807) is 17.0 Å². The number of hydrogen-bond donors (Lipinski definition) is 1. The maximum Gasteiger partial charge on any atom is 0.243 e. The van der Waals surface area contributed by atoms with E-state index in [0.29, 0.717) is 33.8 Å². The van der Waals surface area contributed by atoms with Gasteiger partial charge in [0.15, 0.2) is 0 Å². The first-order valence-corrected chi connectivity index (χ1v) is 13.5. The average molecular weight is 528 g/mol. The van der Waals surface area contributed by atoms with Gasteiger partial charge in [0, 0.05) is 23.4 Å². The summed E-state index contributed by atoms with van der Waals surface area (Å²) in [6, 6.07) is 12.6. The van der Waals surface area contributed by atoms with Crippen molar-refractivity contribution in [2.75, 3.05) is 5.75 Å². The van der Waals surface area contributed by atoms with Crippen molar-refractivity contribution >= 4 is 58.4 Å². The van der Waals surface area contributed by atoms with Gasteiger partial charge in [0.25, 0.3) is 0 Å². The minimum atomic E-state index is -0.542. The van der Waals surface area contributed by atoms with Gasteiger partial charge in [0.1, 0.15) is 6.04 Å². The summed E-state index contributed by atoms with van der Waals surface area (Å²) in [7, 11) is 0. The summed E-state index contributed by atoms with van der Waals surface area (Å²) in [4.78, 5) is 28.2. The molecule has 1 fully saturated rings.